The molecule has 0 heterocycles. The van der Waals surface area contributed by atoms with Gasteiger partial charge < -0.3 is 19.7 Å². The lowest BCUT2D eigenvalue weighted by Gasteiger charge is -2.28. The van der Waals surface area contributed by atoms with E-state index in [0.29, 0.717) is 17.4 Å². The van der Waals surface area contributed by atoms with Crippen molar-refractivity contribution in [1.29, 1.82) is 0 Å². The number of carbonyl (C=O) groups excluding carboxylic acids is 2. The molecule has 0 saturated carbocycles. The van der Waals surface area contributed by atoms with Crippen LogP contribution in [0.5, 0.6) is 5.75 Å². The highest BCUT2D eigenvalue weighted by Crippen LogP contribution is 2.44. The highest BCUT2D eigenvalue weighted by Gasteiger charge is 2.30. The van der Waals surface area contributed by atoms with Gasteiger partial charge in [0.05, 0.1) is 6.42 Å². The minimum Gasteiger partial charge on any atom is -0.481 e. The van der Waals surface area contributed by atoms with Crippen LogP contribution >= 0.6 is 7.82 Å². The van der Waals surface area contributed by atoms with E-state index >= 15 is 0 Å². The third kappa shape index (κ3) is 6.25. The lowest BCUT2D eigenvalue weighted by atomic mass is 9.78. The molecule has 1 amide bonds. The van der Waals surface area contributed by atoms with Crippen molar-refractivity contribution in [2.45, 2.75) is 39.0 Å². The van der Waals surface area contributed by atoms with Crippen LogP contribution in [0.3, 0.4) is 0 Å². The van der Waals surface area contributed by atoms with Crippen molar-refractivity contribution in [3.8, 4) is 5.75 Å². The first-order valence-electron chi connectivity index (χ1n) is 7.71. The fourth-order valence-electron chi connectivity index (χ4n) is 2.65. The minimum atomic E-state index is -4.90. The van der Waals surface area contributed by atoms with E-state index in [1.165, 1.54) is 12.1 Å². The van der Waals surface area contributed by atoms with E-state index in [1.54, 1.807) is 20.8 Å². The van der Waals surface area contributed by atoms with Crippen LogP contribution in [0, 0.1) is 6.92 Å². The monoisotopic (exact) mass is 387 g/mol. The largest absolute Gasteiger partial charge is 0.524 e. The molecular formula is C16H22NO8P. The summed E-state index contributed by atoms with van der Waals surface area (Å²) in [7, 11) is -4.90. The molecule has 0 atom stereocenters. The van der Waals surface area contributed by atoms with E-state index < -0.39 is 25.1 Å². The van der Waals surface area contributed by atoms with Gasteiger partial charge in [0.2, 0.25) is 0 Å². The quantitative estimate of drug-likeness (QED) is 0.368. The predicted octanol–water partition coefficient (Wildman–Crippen LogP) is 1.54. The molecule has 10 heteroatoms. The maximum absolute atomic E-state index is 12.2. The smallest absolute Gasteiger partial charge is 0.481 e. The van der Waals surface area contributed by atoms with Crippen LogP contribution in [-0.2, 0) is 19.6 Å². The molecule has 0 aliphatic carbocycles. The van der Waals surface area contributed by atoms with Crippen molar-refractivity contribution in [1.82, 2.24) is 5.32 Å². The number of rotatable bonds is 9. The molecule has 1 rings (SSSR count). The van der Waals surface area contributed by atoms with Crippen molar-refractivity contribution in [3.05, 3.63) is 28.8 Å². The number of nitrogens with one attached hydrogen (secondary N) is 1. The van der Waals surface area contributed by atoms with Crippen molar-refractivity contribution in [2.75, 3.05) is 6.54 Å². The van der Waals surface area contributed by atoms with Gasteiger partial charge in [0, 0.05) is 29.5 Å². The Kier molecular flexibility index (Phi) is 7.08. The van der Waals surface area contributed by atoms with Gasteiger partial charge in [-0.3, -0.25) is 19.4 Å². The standard InChI is InChI=1S/C16H22NO8P/c1-10-8-11(15(21)17-6-4-13(19)20)9-12(25-26(22,23)24)14(10)16(2,3)5-7-18/h7-9H,4-6H2,1-3H3,(H,17,21)(H,19,20)(H2,22,23,24). The van der Waals surface area contributed by atoms with Crippen LogP contribution in [0.4, 0.5) is 0 Å². The Labute approximate surface area is 150 Å². The van der Waals surface area contributed by atoms with Crippen molar-refractivity contribution >= 4 is 26.0 Å². The molecule has 1 aromatic carbocycles. The van der Waals surface area contributed by atoms with E-state index in [1.807, 2.05) is 0 Å². The number of carboxylic acids is 1. The summed E-state index contributed by atoms with van der Waals surface area (Å²) in [5.74, 6) is -1.88. The summed E-state index contributed by atoms with van der Waals surface area (Å²) in [5, 5.41) is 11.0. The Morgan fingerprint density at radius 3 is 2.42 bits per heavy atom. The number of carboxylic acid groups (broad SMARTS) is 1. The van der Waals surface area contributed by atoms with Gasteiger partial charge in [0.1, 0.15) is 12.0 Å². The maximum atomic E-state index is 12.2. The Balaban J connectivity index is 3.33. The molecule has 0 aromatic heterocycles. The molecule has 0 spiro atoms. The summed E-state index contributed by atoms with van der Waals surface area (Å²) in [6.45, 7) is 4.95. The van der Waals surface area contributed by atoms with Gasteiger partial charge in [0.25, 0.3) is 5.91 Å². The van der Waals surface area contributed by atoms with Crippen molar-refractivity contribution in [2.24, 2.45) is 0 Å². The number of aldehydes is 1. The lowest BCUT2D eigenvalue weighted by molar-refractivity contribution is -0.136. The number of phosphoric acid groups is 1. The average Bonchev–Trinajstić information content (AvgIpc) is 2.43. The van der Waals surface area contributed by atoms with Crippen LogP contribution in [0.25, 0.3) is 0 Å². The molecule has 26 heavy (non-hydrogen) atoms. The van der Waals surface area contributed by atoms with Gasteiger partial charge in [-0.05, 0) is 24.6 Å². The zero-order valence-corrected chi connectivity index (χ0v) is 15.6. The van der Waals surface area contributed by atoms with Gasteiger partial charge in [0.15, 0.2) is 0 Å². The maximum Gasteiger partial charge on any atom is 0.524 e. The Bertz CT molecular complexity index is 753. The van der Waals surface area contributed by atoms with E-state index in [9.17, 15) is 18.9 Å². The zero-order chi connectivity index (χ0) is 20.1. The van der Waals surface area contributed by atoms with E-state index in [0.717, 1.165) is 0 Å². The van der Waals surface area contributed by atoms with Crippen LogP contribution in [0.2, 0.25) is 0 Å². The molecule has 0 aliphatic heterocycles. The molecular weight excluding hydrogens is 365 g/mol. The van der Waals surface area contributed by atoms with Crippen LogP contribution in [-0.4, -0.2) is 39.6 Å². The summed E-state index contributed by atoms with van der Waals surface area (Å²) >= 11 is 0. The Morgan fingerprint density at radius 1 is 1.31 bits per heavy atom. The number of carbonyl (C=O) groups is 3. The van der Waals surface area contributed by atoms with Crippen LogP contribution in [0.15, 0.2) is 12.1 Å². The summed E-state index contributed by atoms with van der Waals surface area (Å²) < 4.78 is 16.1. The first-order valence-corrected chi connectivity index (χ1v) is 9.24. The molecule has 0 fully saturated rings. The highest BCUT2D eigenvalue weighted by atomic mass is 31.2. The summed E-state index contributed by atoms with van der Waals surface area (Å²) in [6, 6.07) is 2.66. The molecule has 0 bridgehead atoms. The molecule has 1 aromatic rings. The first kappa shape index (κ1) is 21.8. The predicted molar refractivity (Wildman–Crippen MR) is 92.1 cm³/mol. The summed E-state index contributed by atoms with van der Waals surface area (Å²) in [4.78, 5) is 52.0. The zero-order valence-electron chi connectivity index (χ0n) is 14.7. The second kappa shape index (κ2) is 8.44. The fraction of sp³-hybridized carbons (Fsp3) is 0.438. The van der Waals surface area contributed by atoms with Gasteiger partial charge in [-0.2, -0.15) is 0 Å². The number of hydrogen-bond donors (Lipinski definition) is 4. The number of hydrogen-bond acceptors (Lipinski definition) is 5. The van der Waals surface area contributed by atoms with Gasteiger partial charge in [-0.1, -0.05) is 13.8 Å². The second-order valence-electron chi connectivity index (χ2n) is 6.40. The molecule has 4 N–H and O–H groups in total. The van der Waals surface area contributed by atoms with Crippen LogP contribution < -0.4 is 9.84 Å². The van der Waals surface area contributed by atoms with Crippen molar-refractivity contribution in [3.63, 3.8) is 0 Å². The minimum absolute atomic E-state index is 0.0574. The molecule has 0 aliphatic rings. The topological polar surface area (TPSA) is 150 Å². The number of phosphoric ester groups is 1. The fourth-order valence-corrected chi connectivity index (χ4v) is 3.05. The van der Waals surface area contributed by atoms with Gasteiger partial charge in [-0.15, -0.1) is 0 Å². The van der Waals surface area contributed by atoms with E-state index in [4.69, 9.17) is 19.4 Å². The lowest BCUT2D eigenvalue weighted by Crippen LogP contribution is -2.27. The molecule has 0 radical (unpaired) electrons. The third-order valence-electron chi connectivity index (χ3n) is 3.67. The second-order valence-corrected chi connectivity index (χ2v) is 7.57. The van der Waals surface area contributed by atoms with E-state index in [2.05, 4.69) is 5.32 Å². The van der Waals surface area contributed by atoms with Gasteiger partial charge in [-0.25, -0.2) is 4.57 Å². The molecule has 0 saturated heterocycles. The highest BCUT2D eigenvalue weighted by molar-refractivity contribution is 7.46. The Hall–Kier alpha value is -2.22. The molecule has 9 nitrogen and oxygen atoms in total. The van der Waals surface area contributed by atoms with Crippen LogP contribution in [0.1, 0.15) is 48.2 Å². The van der Waals surface area contributed by atoms with E-state index in [-0.39, 0.29) is 30.7 Å². The molecule has 144 valence electrons. The normalized spacial score (nSPS) is 11.7. The average molecular weight is 387 g/mol. The SMILES string of the molecule is Cc1cc(C(=O)NCCC(=O)O)cc(OP(=O)(O)O)c1C(C)(C)CC=O. The number of amides is 1. The van der Waals surface area contributed by atoms with Crippen molar-refractivity contribution < 1.29 is 38.4 Å². The number of benzene rings is 1. The summed E-state index contributed by atoms with van der Waals surface area (Å²) in [6.07, 6.45) is 0.504. The first-order chi connectivity index (χ1) is 11.9. The number of aryl methyl sites for hydroxylation is 1. The third-order valence-corrected chi connectivity index (χ3v) is 4.11. The summed E-state index contributed by atoms with van der Waals surface area (Å²) in [5.41, 5.74) is 0.178. The van der Waals surface area contributed by atoms with Gasteiger partial charge >= 0.3 is 13.8 Å². The Morgan fingerprint density at radius 2 is 1.92 bits per heavy atom. The number of aliphatic carboxylic acids is 1. The molecule has 0 unspecified atom stereocenters.